The van der Waals surface area contributed by atoms with Crippen molar-refractivity contribution in [3.05, 3.63) is 17.5 Å². The van der Waals surface area contributed by atoms with Gasteiger partial charge in [0.1, 0.15) is 0 Å². The molecule has 2 rings (SSSR count). The van der Waals surface area contributed by atoms with Crippen molar-refractivity contribution < 1.29 is 8.42 Å². The van der Waals surface area contributed by atoms with E-state index in [0.29, 0.717) is 12.3 Å². The SMILES string of the molecule is Cc1[nH]ncc1CNC1CCCS(=O)(=O)C1. The standard InChI is InChI=1S/C10H17N3O2S/c1-8-9(6-12-13-8)5-11-10-3-2-4-16(14,15)7-10/h6,10-11H,2-5,7H2,1H3,(H,12,13). The van der Waals surface area contributed by atoms with Crippen molar-refractivity contribution in [3.8, 4) is 0 Å². The Bertz CT molecular complexity index is 452. The lowest BCUT2D eigenvalue weighted by Gasteiger charge is -2.22. The number of hydrogen-bond acceptors (Lipinski definition) is 4. The number of sulfone groups is 1. The third-order valence-corrected chi connectivity index (χ3v) is 4.80. The summed E-state index contributed by atoms with van der Waals surface area (Å²) in [5.41, 5.74) is 2.13. The minimum Gasteiger partial charge on any atom is -0.309 e. The van der Waals surface area contributed by atoms with Crippen molar-refractivity contribution in [2.75, 3.05) is 11.5 Å². The van der Waals surface area contributed by atoms with Gasteiger partial charge in [0.05, 0.1) is 17.7 Å². The van der Waals surface area contributed by atoms with Crippen molar-refractivity contribution in [1.29, 1.82) is 0 Å². The van der Waals surface area contributed by atoms with Gasteiger partial charge in [-0.1, -0.05) is 0 Å². The highest BCUT2D eigenvalue weighted by Crippen LogP contribution is 2.13. The predicted molar refractivity (Wildman–Crippen MR) is 61.8 cm³/mol. The molecular formula is C10H17N3O2S. The van der Waals surface area contributed by atoms with Crippen LogP contribution in [0.2, 0.25) is 0 Å². The van der Waals surface area contributed by atoms with Gasteiger partial charge in [0, 0.05) is 23.8 Å². The number of rotatable bonds is 3. The summed E-state index contributed by atoms with van der Waals surface area (Å²) < 4.78 is 22.9. The Kier molecular flexibility index (Phi) is 3.30. The fourth-order valence-electron chi connectivity index (χ4n) is 1.99. The topological polar surface area (TPSA) is 74.8 Å². The first kappa shape index (κ1) is 11.6. The third-order valence-electron chi connectivity index (χ3n) is 2.98. The Balaban J connectivity index is 1.89. The second kappa shape index (κ2) is 4.55. The van der Waals surface area contributed by atoms with Gasteiger partial charge in [-0.15, -0.1) is 0 Å². The van der Waals surface area contributed by atoms with Gasteiger partial charge in [0.25, 0.3) is 0 Å². The fourth-order valence-corrected chi connectivity index (χ4v) is 3.66. The molecule has 2 N–H and O–H groups in total. The number of aromatic nitrogens is 2. The molecule has 1 fully saturated rings. The first-order valence-electron chi connectivity index (χ1n) is 5.49. The first-order valence-corrected chi connectivity index (χ1v) is 7.31. The lowest BCUT2D eigenvalue weighted by molar-refractivity contribution is 0.480. The highest BCUT2D eigenvalue weighted by Gasteiger charge is 2.24. The van der Waals surface area contributed by atoms with Crippen LogP contribution in [0.5, 0.6) is 0 Å². The van der Waals surface area contributed by atoms with E-state index in [-0.39, 0.29) is 11.8 Å². The van der Waals surface area contributed by atoms with E-state index in [1.165, 1.54) is 0 Å². The minimum absolute atomic E-state index is 0.0908. The monoisotopic (exact) mass is 243 g/mol. The molecular weight excluding hydrogens is 226 g/mol. The van der Waals surface area contributed by atoms with Crippen LogP contribution in [0.4, 0.5) is 0 Å². The molecule has 0 radical (unpaired) electrons. The lowest BCUT2D eigenvalue weighted by atomic mass is 10.1. The van der Waals surface area contributed by atoms with Crippen molar-refractivity contribution >= 4 is 9.84 Å². The van der Waals surface area contributed by atoms with Gasteiger partial charge in [-0.3, -0.25) is 5.10 Å². The summed E-state index contributed by atoms with van der Waals surface area (Å²) in [6, 6.07) is 0.0908. The Morgan fingerprint density at radius 1 is 1.62 bits per heavy atom. The molecule has 0 aromatic carbocycles. The molecule has 16 heavy (non-hydrogen) atoms. The van der Waals surface area contributed by atoms with Gasteiger partial charge in [0.15, 0.2) is 9.84 Å². The normalized spacial score (nSPS) is 24.4. The number of nitrogens with one attached hydrogen (secondary N) is 2. The molecule has 1 unspecified atom stereocenters. The lowest BCUT2D eigenvalue weighted by Crippen LogP contribution is -2.39. The number of H-pyrrole nitrogens is 1. The third kappa shape index (κ3) is 2.82. The summed E-state index contributed by atoms with van der Waals surface area (Å²) in [7, 11) is -2.82. The molecule has 1 aliphatic rings. The van der Waals surface area contributed by atoms with E-state index in [9.17, 15) is 8.42 Å². The van der Waals surface area contributed by atoms with Crippen LogP contribution in [0.3, 0.4) is 0 Å². The van der Waals surface area contributed by atoms with E-state index in [1.807, 2.05) is 6.92 Å². The maximum Gasteiger partial charge on any atom is 0.151 e. The summed E-state index contributed by atoms with van der Waals surface area (Å²) in [6.07, 6.45) is 3.49. The zero-order chi connectivity index (χ0) is 11.6. The van der Waals surface area contributed by atoms with Gasteiger partial charge in [0.2, 0.25) is 0 Å². The van der Waals surface area contributed by atoms with E-state index in [4.69, 9.17) is 0 Å². The van der Waals surface area contributed by atoms with Gasteiger partial charge in [-0.05, 0) is 19.8 Å². The summed E-state index contributed by atoms with van der Waals surface area (Å²) in [5.74, 6) is 0.611. The molecule has 0 saturated carbocycles. The van der Waals surface area contributed by atoms with E-state index < -0.39 is 9.84 Å². The van der Waals surface area contributed by atoms with Crippen molar-refractivity contribution in [2.45, 2.75) is 32.4 Å². The Morgan fingerprint density at radius 3 is 3.06 bits per heavy atom. The van der Waals surface area contributed by atoms with Crippen LogP contribution in [-0.4, -0.2) is 36.2 Å². The van der Waals surface area contributed by atoms with Crippen LogP contribution in [0.1, 0.15) is 24.1 Å². The largest absolute Gasteiger partial charge is 0.309 e. The van der Waals surface area contributed by atoms with Crippen LogP contribution >= 0.6 is 0 Å². The molecule has 0 aliphatic carbocycles. The summed E-state index contributed by atoms with van der Waals surface area (Å²) in [6.45, 7) is 2.64. The average Bonchev–Trinajstić information content (AvgIpc) is 2.60. The molecule has 0 bridgehead atoms. The van der Waals surface area contributed by atoms with Crippen LogP contribution in [0.25, 0.3) is 0 Å². The van der Waals surface area contributed by atoms with Crippen molar-refractivity contribution in [1.82, 2.24) is 15.5 Å². The van der Waals surface area contributed by atoms with E-state index in [2.05, 4.69) is 15.5 Å². The maximum absolute atomic E-state index is 11.4. The average molecular weight is 243 g/mol. The molecule has 6 heteroatoms. The number of nitrogens with zero attached hydrogens (tertiary/aromatic N) is 1. The Morgan fingerprint density at radius 2 is 2.44 bits per heavy atom. The second-order valence-electron chi connectivity index (χ2n) is 4.35. The molecule has 2 heterocycles. The molecule has 1 saturated heterocycles. The molecule has 90 valence electrons. The zero-order valence-electron chi connectivity index (χ0n) is 9.36. The van der Waals surface area contributed by atoms with Crippen LogP contribution < -0.4 is 5.32 Å². The first-order chi connectivity index (χ1) is 7.57. The van der Waals surface area contributed by atoms with Gasteiger partial charge in [-0.2, -0.15) is 5.10 Å². The Hall–Kier alpha value is -0.880. The van der Waals surface area contributed by atoms with Crippen LogP contribution in [0.15, 0.2) is 6.20 Å². The summed E-state index contributed by atoms with van der Waals surface area (Å²) >= 11 is 0. The van der Waals surface area contributed by atoms with E-state index in [0.717, 1.165) is 24.1 Å². The zero-order valence-corrected chi connectivity index (χ0v) is 10.2. The Labute approximate surface area is 95.6 Å². The molecule has 1 aliphatic heterocycles. The minimum atomic E-state index is -2.82. The maximum atomic E-state index is 11.4. The van der Waals surface area contributed by atoms with Crippen molar-refractivity contribution in [2.24, 2.45) is 0 Å². The van der Waals surface area contributed by atoms with Gasteiger partial charge >= 0.3 is 0 Å². The number of aryl methyl sites for hydroxylation is 1. The molecule has 1 atom stereocenters. The quantitative estimate of drug-likeness (QED) is 0.805. The van der Waals surface area contributed by atoms with Crippen molar-refractivity contribution in [3.63, 3.8) is 0 Å². The fraction of sp³-hybridized carbons (Fsp3) is 0.700. The van der Waals surface area contributed by atoms with E-state index >= 15 is 0 Å². The van der Waals surface area contributed by atoms with Crippen LogP contribution in [0, 0.1) is 6.92 Å². The molecule has 1 aromatic rings. The van der Waals surface area contributed by atoms with Crippen LogP contribution in [-0.2, 0) is 16.4 Å². The summed E-state index contributed by atoms with van der Waals surface area (Å²) in [5, 5.41) is 10.1. The van der Waals surface area contributed by atoms with E-state index in [1.54, 1.807) is 6.20 Å². The molecule has 5 nitrogen and oxygen atoms in total. The molecule has 0 spiro atoms. The van der Waals surface area contributed by atoms with Gasteiger partial charge < -0.3 is 5.32 Å². The number of aromatic amines is 1. The predicted octanol–water partition coefficient (Wildman–Crippen LogP) is 0.385. The molecule has 1 aromatic heterocycles. The number of hydrogen-bond donors (Lipinski definition) is 2. The highest BCUT2D eigenvalue weighted by molar-refractivity contribution is 7.91. The molecule has 0 amide bonds. The highest BCUT2D eigenvalue weighted by atomic mass is 32.2. The van der Waals surface area contributed by atoms with Gasteiger partial charge in [-0.25, -0.2) is 8.42 Å². The second-order valence-corrected chi connectivity index (χ2v) is 6.58. The smallest absolute Gasteiger partial charge is 0.151 e. The summed E-state index contributed by atoms with van der Waals surface area (Å²) in [4.78, 5) is 0.